The van der Waals surface area contributed by atoms with Gasteiger partial charge in [-0.3, -0.25) is 0 Å². The number of ether oxygens (including phenoxy) is 2. The number of aromatic nitrogens is 2. The van der Waals surface area contributed by atoms with Crippen LogP contribution in [-0.2, 0) is 6.54 Å². The molecule has 1 N–H and O–H groups in total. The Kier molecular flexibility index (Phi) is 5.58. The third-order valence-electron chi connectivity index (χ3n) is 4.60. The van der Waals surface area contributed by atoms with Gasteiger partial charge in [-0.05, 0) is 44.2 Å². The molecule has 136 valence electrons. The van der Waals surface area contributed by atoms with Crippen molar-refractivity contribution in [3.8, 4) is 17.2 Å². The van der Waals surface area contributed by atoms with Crippen LogP contribution >= 0.6 is 0 Å². The van der Waals surface area contributed by atoms with E-state index >= 15 is 0 Å². The second kappa shape index (κ2) is 8.06. The highest BCUT2D eigenvalue weighted by Gasteiger charge is 2.15. The van der Waals surface area contributed by atoms with Gasteiger partial charge in [0, 0.05) is 29.4 Å². The summed E-state index contributed by atoms with van der Waals surface area (Å²) in [4.78, 5) is 0. The molecule has 26 heavy (non-hydrogen) atoms. The summed E-state index contributed by atoms with van der Waals surface area (Å²) < 4.78 is 12.7. The smallest absolute Gasteiger partial charge is 0.123 e. The largest absolute Gasteiger partial charge is 0.497 e. The van der Waals surface area contributed by atoms with Gasteiger partial charge in [-0.15, -0.1) is 0 Å². The van der Waals surface area contributed by atoms with E-state index in [0.29, 0.717) is 6.54 Å². The molecular formula is C21H25N3O2. The van der Waals surface area contributed by atoms with Crippen molar-refractivity contribution in [1.82, 2.24) is 15.1 Å². The molecule has 0 aliphatic carbocycles. The molecule has 0 unspecified atom stereocenters. The minimum Gasteiger partial charge on any atom is -0.497 e. The number of hydrogen-bond donors (Lipinski definition) is 1. The fourth-order valence-electron chi connectivity index (χ4n) is 3.07. The van der Waals surface area contributed by atoms with Crippen molar-refractivity contribution in [3.63, 3.8) is 0 Å². The lowest BCUT2D eigenvalue weighted by molar-refractivity contribution is 0.395. The normalized spacial score (nSPS) is 12.0. The molecule has 3 rings (SSSR count). The van der Waals surface area contributed by atoms with Crippen LogP contribution in [0.2, 0.25) is 0 Å². The summed E-state index contributed by atoms with van der Waals surface area (Å²) >= 11 is 0. The predicted octanol–water partition coefficient (Wildman–Crippen LogP) is 4.05. The summed E-state index contributed by atoms with van der Waals surface area (Å²) in [6.07, 6.45) is 1.93. The maximum Gasteiger partial charge on any atom is 0.123 e. The molecular weight excluding hydrogens is 326 g/mol. The first kappa shape index (κ1) is 18.0. The molecule has 0 saturated heterocycles. The average molecular weight is 351 g/mol. The molecule has 1 aromatic heterocycles. The molecule has 0 aliphatic rings. The van der Waals surface area contributed by atoms with Crippen molar-refractivity contribution < 1.29 is 9.47 Å². The van der Waals surface area contributed by atoms with E-state index in [1.807, 2.05) is 47.3 Å². The highest BCUT2D eigenvalue weighted by Crippen LogP contribution is 2.25. The first-order chi connectivity index (χ1) is 12.6. The molecule has 0 saturated carbocycles. The van der Waals surface area contributed by atoms with Gasteiger partial charge in [0.15, 0.2) is 0 Å². The van der Waals surface area contributed by atoms with Gasteiger partial charge in [-0.2, -0.15) is 5.10 Å². The SMILES string of the molecule is COc1ccc(OC)c(CN[C@H](C)c2cnn(-c3ccccc3)c2C)c1. The summed E-state index contributed by atoms with van der Waals surface area (Å²) in [5, 5.41) is 8.11. The number of hydrogen-bond acceptors (Lipinski definition) is 4. The Morgan fingerprint density at radius 3 is 2.54 bits per heavy atom. The van der Waals surface area contributed by atoms with E-state index < -0.39 is 0 Å². The molecule has 0 spiro atoms. The standard InChI is InChI=1S/C21H25N3O2/c1-15(22-13-17-12-19(25-3)10-11-21(17)26-4)20-14-23-24(16(20)2)18-8-6-5-7-9-18/h5-12,14-15,22H,13H2,1-4H3/t15-/m1/s1. The number of benzene rings is 2. The van der Waals surface area contributed by atoms with E-state index in [0.717, 1.165) is 28.4 Å². The van der Waals surface area contributed by atoms with Crippen LogP contribution in [0.5, 0.6) is 11.5 Å². The van der Waals surface area contributed by atoms with Gasteiger partial charge >= 0.3 is 0 Å². The van der Waals surface area contributed by atoms with E-state index in [1.54, 1.807) is 14.2 Å². The van der Waals surface area contributed by atoms with Crippen molar-refractivity contribution >= 4 is 0 Å². The molecule has 1 atom stereocenters. The average Bonchev–Trinajstić information content (AvgIpc) is 3.08. The summed E-state index contributed by atoms with van der Waals surface area (Å²) in [6.45, 7) is 4.92. The van der Waals surface area contributed by atoms with Crippen LogP contribution < -0.4 is 14.8 Å². The lowest BCUT2D eigenvalue weighted by atomic mass is 10.1. The van der Waals surface area contributed by atoms with Crippen molar-refractivity contribution in [2.75, 3.05) is 14.2 Å². The summed E-state index contributed by atoms with van der Waals surface area (Å²) in [7, 11) is 3.35. The van der Waals surface area contributed by atoms with Gasteiger partial charge in [-0.1, -0.05) is 18.2 Å². The molecule has 0 aliphatic heterocycles. The molecule has 5 nitrogen and oxygen atoms in total. The number of methoxy groups -OCH3 is 2. The van der Waals surface area contributed by atoms with Crippen LogP contribution in [0.4, 0.5) is 0 Å². The molecule has 3 aromatic rings. The van der Waals surface area contributed by atoms with Crippen LogP contribution in [-0.4, -0.2) is 24.0 Å². The number of nitrogens with zero attached hydrogens (tertiary/aromatic N) is 2. The predicted molar refractivity (Wildman–Crippen MR) is 103 cm³/mol. The lowest BCUT2D eigenvalue weighted by Gasteiger charge is -2.16. The van der Waals surface area contributed by atoms with Crippen molar-refractivity contribution in [2.24, 2.45) is 0 Å². The molecule has 0 amide bonds. The highest BCUT2D eigenvalue weighted by atomic mass is 16.5. The van der Waals surface area contributed by atoms with Gasteiger partial charge in [0.1, 0.15) is 11.5 Å². The van der Waals surface area contributed by atoms with Crippen molar-refractivity contribution in [1.29, 1.82) is 0 Å². The van der Waals surface area contributed by atoms with E-state index in [1.165, 1.54) is 5.56 Å². The fourth-order valence-corrected chi connectivity index (χ4v) is 3.07. The van der Waals surface area contributed by atoms with E-state index in [2.05, 4.69) is 36.4 Å². The van der Waals surface area contributed by atoms with Gasteiger partial charge < -0.3 is 14.8 Å². The Hall–Kier alpha value is -2.79. The minimum absolute atomic E-state index is 0.156. The fraction of sp³-hybridized carbons (Fsp3) is 0.286. The second-order valence-corrected chi connectivity index (χ2v) is 6.21. The zero-order chi connectivity index (χ0) is 18.5. The summed E-state index contributed by atoms with van der Waals surface area (Å²) in [5.74, 6) is 1.67. The van der Waals surface area contributed by atoms with Crippen LogP contribution in [0, 0.1) is 6.92 Å². The molecule has 2 aromatic carbocycles. The van der Waals surface area contributed by atoms with E-state index in [4.69, 9.17) is 9.47 Å². The third-order valence-corrected chi connectivity index (χ3v) is 4.60. The van der Waals surface area contributed by atoms with Gasteiger partial charge in [0.2, 0.25) is 0 Å². The lowest BCUT2D eigenvalue weighted by Crippen LogP contribution is -2.19. The number of rotatable bonds is 7. The van der Waals surface area contributed by atoms with Crippen molar-refractivity contribution in [2.45, 2.75) is 26.4 Å². The van der Waals surface area contributed by atoms with Gasteiger partial charge in [0.25, 0.3) is 0 Å². The first-order valence-corrected chi connectivity index (χ1v) is 8.68. The monoisotopic (exact) mass is 351 g/mol. The quantitative estimate of drug-likeness (QED) is 0.698. The molecule has 0 fully saturated rings. The maximum absolute atomic E-state index is 5.46. The Bertz CT molecular complexity index is 859. The Labute approximate surface area is 154 Å². The Morgan fingerprint density at radius 2 is 1.85 bits per heavy atom. The number of para-hydroxylation sites is 1. The first-order valence-electron chi connectivity index (χ1n) is 8.68. The molecule has 0 bridgehead atoms. The molecule has 5 heteroatoms. The van der Waals surface area contributed by atoms with Crippen LogP contribution in [0.1, 0.15) is 29.8 Å². The Morgan fingerprint density at radius 1 is 1.08 bits per heavy atom. The Balaban J connectivity index is 1.75. The maximum atomic E-state index is 5.46. The van der Waals surface area contributed by atoms with Gasteiger partial charge in [0.05, 0.1) is 26.1 Å². The third kappa shape index (κ3) is 3.73. The molecule has 1 heterocycles. The van der Waals surface area contributed by atoms with E-state index in [-0.39, 0.29) is 6.04 Å². The second-order valence-electron chi connectivity index (χ2n) is 6.21. The number of nitrogens with one attached hydrogen (secondary N) is 1. The molecule has 0 radical (unpaired) electrons. The van der Waals surface area contributed by atoms with Crippen molar-refractivity contribution in [3.05, 3.63) is 71.5 Å². The van der Waals surface area contributed by atoms with Crippen LogP contribution in [0.3, 0.4) is 0 Å². The van der Waals surface area contributed by atoms with Crippen LogP contribution in [0.15, 0.2) is 54.7 Å². The van der Waals surface area contributed by atoms with Crippen LogP contribution in [0.25, 0.3) is 5.69 Å². The van der Waals surface area contributed by atoms with Gasteiger partial charge in [-0.25, -0.2) is 4.68 Å². The zero-order valence-corrected chi connectivity index (χ0v) is 15.7. The minimum atomic E-state index is 0.156. The van der Waals surface area contributed by atoms with E-state index in [9.17, 15) is 0 Å². The summed E-state index contributed by atoms with van der Waals surface area (Å²) in [5.41, 5.74) is 4.44. The zero-order valence-electron chi connectivity index (χ0n) is 15.7. The highest BCUT2D eigenvalue weighted by molar-refractivity contribution is 5.40. The topological polar surface area (TPSA) is 48.3 Å². The summed E-state index contributed by atoms with van der Waals surface area (Å²) in [6, 6.07) is 16.2.